The van der Waals surface area contributed by atoms with Gasteiger partial charge in [-0.3, -0.25) is 4.79 Å². The fraction of sp³-hybridized carbons (Fsp3) is 0.417. The number of morpholine rings is 1. The lowest BCUT2D eigenvalue weighted by Crippen LogP contribution is -2.36. The van der Waals surface area contributed by atoms with E-state index in [0.717, 1.165) is 31.6 Å². The molecule has 2 aromatic carbocycles. The molecule has 0 radical (unpaired) electrons. The third-order valence-corrected chi connectivity index (χ3v) is 7.87. The Kier molecular flexibility index (Phi) is 7.50. The molecule has 34 heavy (non-hydrogen) atoms. The van der Waals surface area contributed by atoms with Crippen molar-refractivity contribution in [3.8, 4) is 0 Å². The van der Waals surface area contributed by atoms with Gasteiger partial charge in [-0.2, -0.15) is 4.31 Å². The van der Waals surface area contributed by atoms with Crippen LogP contribution < -0.4 is 10.2 Å². The Morgan fingerprint density at radius 3 is 2.18 bits per heavy atom. The Morgan fingerprint density at radius 2 is 1.56 bits per heavy atom. The zero-order chi connectivity index (χ0) is 24.1. The summed E-state index contributed by atoms with van der Waals surface area (Å²) in [5.74, 6) is -1.16. The van der Waals surface area contributed by atoms with Gasteiger partial charge < -0.3 is 19.7 Å². The van der Waals surface area contributed by atoms with Crippen molar-refractivity contribution in [2.75, 3.05) is 49.6 Å². The molecule has 1 atom stereocenters. The number of hydrogen-bond acceptors (Lipinski definition) is 7. The summed E-state index contributed by atoms with van der Waals surface area (Å²) in [7, 11) is -3.55. The second kappa shape index (κ2) is 10.5. The zero-order valence-corrected chi connectivity index (χ0v) is 19.9. The molecule has 2 aromatic rings. The number of nitrogens with zero attached hydrogens (tertiary/aromatic N) is 2. The fourth-order valence-electron chi connectivity index (χ4n) is 3.94. The minimum atomic E-state index is -3.55. The Hall–Kier alpha value is -2.95. The molecule has 1 unspecified atom stereocenters. The molecule has 10 heteroatoms. The summed E-state index contributed by atoms with van der Waals surface area (Å²) in [4.78, 5) is 27.3. The normalized spacial score (nSPS) is 17.9. The minimum Gasteiger partial charge on any atom is -0.449 e. The summed E-state index contributed by atoms with van der Waals surface area (Å²) < 4.78 is 37.3. The maximum absolute atomic E-state index is 12.6. The van der Waals surface area contributed by atoms with E-state index >= 15 is 0 Å². The van der Waals surface area contributed by atoms with Gasteiger partial charge in [0.05, 0.1) is 23.7 Å². The summed E-state index contributed by atoms with van der Waals surface area (Å²) in [5, 5.41) is 2.74. The van der Waals surface area contributed by atoms with Gasteiger partial charge in [-0.05, 0) is 68.3 Å². The van der Waals surface area contributed by atoms with Crippen LogP contribution in [0.25, 0.3) is 0 Å². The maximum atomic E-state index is 12.6. The molecule has 9 nitrogen and oxygen atoms in total. The van der Waals surface area contributed by atoms with Crippen molar-refractivity contribution in [3.63, 3.8) is 0 Å². The third-order valence-electron chi connectivity index (χ3n) is 5.96. The largest absolute Gasteiger partial charge is 0.449 e. The number of rotatable bonds is 7. The van der Waals surface area contributed by atoms with Crippen molar-refractivity contribution in [2.45, 2.75) is 30.8 Å². The molecule has 0 saturated carbocycles. The number of benzene rings is 2. The van der Waals surface area contributed by atoms with Crippen molar-refractivity contribution < 1.29 is 27.5 Å². The Labute approximate surface area is 199 Å². The van der Waals surface area contributed by atoms with Gasteiger partial charge in [0.15, 0.2) is 6.10 Å². The van der Waals surface area contributed by atoms with Crippen molar-refractivity contribution in [1.82, 2.24) is 4.31 Å². The first kappa shape index (κ1) is 24.2. The lowest BCUT2D eigenvalue weighted by molar-refractivity contribution is -0.123. The number of ether oxygens (including phenoxy) is 2. The van der Waals surface area contributed by atoms with Gasteiger partial charge in [0.25, 0.3) is 5.91 Å². The van der Waals surface area contributed by atoms with Gasteiger partial charge in [0, 0.05) is 37.6 Å². The van der Waals surface area contributed by atoms with Crippen LogP contribution in [0.2, 0.25) is 0 Å². The average molecular weight is 488 g/mol. The van der Waals surface area contributed by atoms with Crippen LogP contribution in [0.15, 0.2) is 53.4 Å². The maximum Gasteiger partial charge on any atom is 0.338 e. The first-order valence-corrected chi connectivity index (χ1v) is 12.8. The topological polar surface area (TPSA) is 105 Å². The van der Waals surface area contributed by atoms with E-state index in [-0.39, 0.29) is 10.5 Å². The number of hydrogen-bond donors (Lipinski definition) is 1. The molecule has 2 aliphatic rings. The second-order valence-electron chi connectivity index (χ2n) is 8.32. The van der Waals surface area contributed by atoms with Gasteiger partial charge >= 0.3 is 5.97 Å². The predicted octanol–water partition coefficient (Wildman–Crippen LogP) is 2.49. The van der Waals surface area contributed by atoms with Gasteiger partial charge in [-0.1, -0.05) is 0 Å². The molecule has 2 saturated heterocycles. The second-order valence-corrected chi connectivity index (χ2v) is 10.3. The van der Waals surface area contributed by atoms with E-state index in [1.807, 2.05) is 12.1 Å². The van der Waals surface area contributed by atoms with Crippen LogP contribution in [0.3, 0.4) is 0 Å². The molecular weight excluding hydrogens is 458 g/mol. The van der Waals surface area contributed by atoms with Crippen LogP contribution in [-0.2, 0) is 24.3 Å². The Bertz CT molecular complexity index is 1110. The molecule has 0 spiro atoms. The van der Waals surface area contributed by atoms with E-state index in [9.17, 15) is 18.0 Å². The number of esters is 1. The molecule has 2 heterocycles. The molecule has 1 amide bonds. The molecule has 182 valence electrons. The van der Waals surface area contributed by atoms with Gasteiger partial charge in [0.1, 0.15) is 0 Å². The number of amides is 1. The third kappa shape index (κ3) is 5.57. The number of sulfonamides is 1. The summed E-state index contributed by atoms with van der Waals surface area (Å²) in [5.41, 5.74) is 1.83. The van der Waals surface area contributed by atoms with E-state index in [1.54, 1.807) is 12.1 Å². The fourth-order valence-corrected chi connectivity index (χ4v) is 5.46. The summed E-state index contributed by atoms with van der Waals surface area (Å²) in [6.07, 6.45) is 0.669. The Balaban J connectivity index is 1.31. The van der Waals surface area contributed by atoms with Crippen molar-refractivity contribution in [1.29, 1.82) is 0 Å². The zero-order valence-electron chi connectivity index (χ0n) is 19.1. The quantitative estimate of drug-likeness (QED) is 0.598. The van der Waals surface area contributed by atoms with E-state index < -0.39 is 28.0 Å². The molecule has 0 aromatic heterocycles. The summed E-state index contributed by atoms with van der Waals surface area (Å²) >= 11 is 0. The lowest BCUT2D eigenvalue weighted by Gasteiger charge is -2.28. The highest BCUT2D eigenvalue weighted by molar-refractivity contribution is 7.89. The first-order chi connectivity index (χ1) is 16.3. The summed E-state index contributed by atoms with van der Waals surface area (Å²) in [6.45, 7) is 5.54. The highest BCUT2D eigenvalue weighted by Crippen LogP contribution is 2.22. The molecule has 4 rings (SSSR count). The van der Waals surface area contributed by atoms with Crippen LogP contribution >= 0.6 is 0 Å². The lowest BCUT2D eigenvalue weighted by atomic mass is 10.2. The molecule has 2 fully saturated rings. The molecule has 2 aliphatic heterocycles. The van der Waals surface area contributed by atoms with Crippen LogP contribution in [0.5, 0.6) is 0 Å². The standard InChI is InChI=1S/C24H29N3O6S/c1-18(23(28)25-20-6-8-21(9-7-20)26-14-16-32-17-15-26)33-24(29)19-4-10-22(11-5-19)34(30,31)27-12-2-3-13-27/h4-11,18H,2-3,12-17H2,1H3,(H,25,28). The van der Waals surface area contributed by atoms with Crippen LogP contribution in [0.4, 0.5) is 11.4 Å². The molecule has 0 bridgehead atoms. The number of carbonyl (C=O) groups excluding carboxylic acids is 2. The van der Waals surface area contributed by atoms with Crippen LogP contribution in [0.1, 0.15) is 30.1 Å². The van der Waals surface area contributed by atoms with E-state index in [1.165, 1.54) is 35.5 Å². The molecule has 0 aliphatic carbocycles. The smallest absolute Gasteiger partial charge is 0.338 e. The van der Waals surface area contributed by atoms with E-state index in [0.29, 0.717) is 32.0 Å². The monoisotopic (exact) mass is 487 g/mol. The first-order valence-electron chi connectivity index (χ1n) is 11.4. The van der Waals surface area contributed by atoms with Gasteiger partial charge in [0.2, 0.25) is 10.0 Å². The van der Waals surface area contributed by atoms with Crippen molar-refractivity contribution in [3.05, 3.63) is 54.1 Å². The molecular formula is C24H29N3O6S. The van der Waals surface area contributed by atoms with Gasteiger partial charge in [-0.25, -0.2) is 13.2 Å². The highest BCUT2D eigenvalue weighted by Gasteiger charge is 2.27. The van der Waals surface area contributed by atoms with Crippen LogP contribution in [-0.4, -0.2) is 70.1 Å². The Morgan fingerprint density at radius 1 is 0.941 bits per heavy atom. The SMILES string of the molecule is CC(OC(=O)c1ccc(S(=O)(=O)N2CCCC2)cc1)C(=O)Nc1ccc(N2CCOCC2)cc1. The van der Waals surface area contributed by atoms with E-state index in [2.05, 4.69) is 10.2 Å². The number of carbonyl (C=O) groups is 2. The average Bonchev–Trinajstić information content (AvgIpc) is 3.41. The van der Waals surface area contributed by atoms with Crippen molar-refractivity contribution in [2.24, 2.45) is 0 Å². The summed E-state index contributed by atoms with van der Waals surface area (Å²) in [6, 6.07) is 13.1. The minimum absolute atomic E-state index is 0.136. The number of anilines is 2. The number of nitrogens with one attached hydrogen (secondary N) is 1. The highest BCUT2D eigenvalue weighted by atomic mass is 32.2. The predicted molar refractivity (Wildman–Crippen MR) is 127 cm³/mol. The van der Waals surface area contributed by atoms with Crippen molar-refractivity contribution >= 4 is 33.3 Å². The van der Waals surface area contributed by atoms with Gasteiger partial charge in [-0.15, -0.1) is 0 Å². The van der Waals surface area contributed by atoms with E-state index in [4.69, 9.17) is 9.47 Å². The molecule has 1 N–H and O–H groups in total. The van der Waals surface area contributed by atoms with Crippen LogP contribution in [0, 0.1) is 0 Å².